The van der Waals surface area contributed by atoms with Crippen molar-refractivity contribution in [2.75, 3.05) is 6.61 Å². The van der Waals surface area contributed by atoms with E-state index in [1.165, 1.54) is 36.4 Å². The van der Waals surface area contributed by atoms with Crippen LogP contribution in [0.1, 0.15) is 16.7 Å². The van der Waals surface area contributed by atoms with E-state index in [9.17, 15) is 31.1 Å². The molecule has 4 nitrogen and oxygen atoms in total. The highest BCUT2D eigenvalue weighted by Crippen LogP contribution is 2.35. The summed E-state index contributed by atoms with van der Waals surface area (Å²) in [5.74, 6) is -0.348. The van der Waals surface area contributed by atoms with Crippen molar-refractivity contribution in [1.29, 1.82) is 0 Å². The first-order valence-electron chi connectivity index (χ1n) is 11.5. The molecule has 39 heavy (non-hydrogen) atoms. The van der Waals surface area contributed by atoms with Crippen LogP contribution in [0.4, 0.5) is 26.3 Å². The van der Waals surface area contributed by atoms with Crippen molar-refractivity contribution in [3.8, 4) is 33.8 Å². The van der Waals surface area contributed by atoms with Gasteiger partial charge in [0.05, 0.1) is 11.1 Å². The minimum atomic E-state index is -4.49. The minimum absolute atomic E-state index is 0.0391. The second kappa shape index (κ2) is 11.1. The Morgan fingerprint density at radius 3 is 1.38 bits per heavy atom. The van der Waals surface area contributed by atoms with Crippen LogP contribution in [0.15, 0.2) is 91.0 Å². The fourth-order valence-corrected chi connectivity index (χ4v) is 3.76. The monoisotopic (exact) mass is 546 g/mol. The van der Waals surface area contributed by atoms with Gasteiger partial charge in [-0.2, -0.15) is 26.3 Å². The van der Waals surface area contributed by atoms with Crippen LogP contribution in [0, 0.1) is 0 Å². The summed E-state index contributed by atoms with van der Waals surface area (Å²) in [6.07, 6.45) is -8.98. The maximum absolute atomic E-state index is 13.0. The molecule has 0 heterocycles. The maximum atomic E-state index is 13.0. The molecule has 0 amide bonds. The van der Waals surface area contributed by atoms with E-state index in [-0.39, 0.29) is 6.61 Å². The lowest BCUT2D eigenvalue weighted by atomic mass is 9.95. The van der Waals surface area contributed by atoms with E-state index < -0.39 is 36.1 Å². The number of benzene rings is 4. The van der Waals surface area contributed by atoms with Gasteiger partial charge in [0.15, 0.2) is 6.61 Å². The first-order valence-corrected chi connectivity index (χ1v) is 11.5. The second-order valence-electron chi connectivity index (χ2n) is 8.51. The average Bonchev–Trinajstić information content (AvgIpc) is 2.90. The second-order valence-corrected chi connectivity index (χ2v) is 8.51. The third-order valence-electron chi connectivity index (χ3n) is 5.68. The van der Waals surface area contributed by atoms with Crippen molar-refractivity contribution >= 4 is 5.97 Å². The summed E-state index contributed by atoms with van der Waals surface area (Å²) >= 11 is 0. The molecule has 0 bridgehead atoms. The van der Waals surface area contributed by atoms with Gasteiger partial charge in [-0.3, -0.25) is 0 Å². The van der Waals surface area contributed by atoms with Crippen molar-refractivity contribution in [3.63, 3.8) is 0 Å². The average molecular weight is 546 g/mol. The number of hydrogen-bond acceptors (Lipinski definition) is 3. The van der Waals surface area contributed by atoms with Crippen LogP contribution in [0.25, 0.3) is 22.3 Å². The van der Waals surface area contributed by atoms with Gasteiger partial charge in [-0.15, -0.1) is 0 Å². The summed E-state index contributed by atoms with van der Waals surface area (Å²) in [5, 5.41) is 8.70. The van der Waals surface area contributed by atoms with Crippen molar-refractivity contribution in [1.82, 2.24) is 0 Å². The lowest BCUT2D eigenvalue weighted by molar-refractivity contribution is -0.139. The number of alkyl halides is 6. The van der Waals surface area contributed by atoms with E-state index in [1.807, 2.05) is 0 Å². The lowest BCUT2D eigenvalue weighted by Gasteiger charge is -2.14. The third-order valence-corrected chi connectivity index (χ3v) is 5.68. The van der Waals surface area contributed by atoms with E-state index >= 15 is 0 Å². The molecule has 4 aromatic carbocycles. The van der Waals surface area contributed by atoms with Gasteiger partial charge in [0.1, 0.15) is 18.1 Å². The molecule has 1 N–H and O–H groups in total. The zero-order chi connectivity index (χ0) is 28.2. The van der Waals surface area contributed by atoms with E-state index in [0.29, 0.717) is 39.3 Å². The molecule has 0 spiro atoms. The number of carbonyl (C=O) groups is 1. The highest BCUT2D eigenvalue weighted by atomic mass is 19.4. The van der Waals surface area contributed by atoms with Gasteiger partial charge < -0.3 is 14.6 Å². The number of halogens is 6. The molecule has 0 aromatic heterocycles. The molecule has 202 valence electrons. The SMILES string of the molecule is O=C(O)COc1ccc(OCc2cc(-c3ccc(C(F)(F)F)cc3)cc(-c3ccc(C(F)(F)F)cc3)c2)cc1. The summed E-state index contributed by atoms with van der Waals surface area (Å²) in [4.78, 5) is 10.6. The number of ether oxygens (including phenoxy) is 2. The normalized spacial score (nSPS) is 11.7. The Kier molecular flexibility index (Phi) is 7.85. The Morgan fingerprint density at radius 2 is 1.00 bits per heavy atom. The highest BCUT2D eigenvalue weighted by molar-refractivity contribution is 5.74. The van der Waals surface area contributed by atoms with Crippen molar-refractivity contribution in [3.05, 3.63) is 108 Å². The molecule has 0 atom stereocenters. The molecule has 0 saturated heterocycles. The summed E-state index contributed by atoms with van der Waals surface area (Å²) < 4.78 is 89.0. The summed E-state index contributed by atoms with van der Waals surface area (Å²) in [5.41, 5.74) is 1.09. The number of aliphatic carboxylic acids is 1. The van der Waals surface area contributed by atoms with Crippen LogP contribution in [0.2, 0.25) is 0 Å². The highest BCUT2D eigenvalue weighted by Gasteiger charge is 2.30. The number of rotatable bonds is 8. The van der Waals surface area contributed by atoms with Gasteiger partial charge in [0.25, 0.3) is 0 Å². The number of carboxylic acid groups (broad SMARTS) is 1. The van der Waals surface area contributed by atoms with Crippen LogP contribution >= 0.6 is 0 Å². The molecule has 0 aliphatic heterocycles. The standard InChI is InChI=1S/C29H20F6O4/c30-28(31,32)23-5-1-19(2-6-23)21-13-18(16-38-25-9-11-26(12-10-25)39-17-27(36)37)14-22(15-21)20-3-7-24(8-4-20)29(33,34)35/h1-15H,16-17H2,(H,36,37). The molecule has 4 rings (SSSR count). The van der Waals surface area contributed by atoms with Crippen LogP contribution in [0.3, 0.4) is 0 Å². The largest absolute Gasteiger partial charge is 0.489 e. The molecular formula is C29H20F6O4. The molecule has 0 unspecified atom stereocenters. The van der Waals surface area contributed by atoms with E-state index in [2.05, 4.69) is 0 Å². The fraction of sp³-hybridized carbons (Fsp3) is 0.138. The summed E-state index contributed by atoms with van der Waals surface area (Å²) in [6.45, 7) is -0.457. The Hall–Kier alpha value is -4.47. The molecule has 0 saturated carbocycles. The lowest BCUT2D eigenvalue weighted by Crippen LogP contribution is -2.09. The minimum Gasteiger partial charge on any atom is -0.489 e. The van der Waals surface area contributed by atoms with E-state index in [0.717, 1.165) is 24.3 Å². The van der Waals surface area contributed by atoms with Crippen LogP contribution in [0.5, 0.6) is 11.5 Å². The van der Waals surface area contributed by atoms with Crippen LogP contribution in [-0.2, 0) is 23.8 Å². The van der Waals surface area contributed by atoms with Crippen LogP contribution < -0.4 is 9.47 Å². The molecule has 10 heteroatoms. The molecule has 0 radical (unpaired) electrons. The predicted octanol–water partition coefficient (Wildman–Crippen LogP) is 8.10. The summed E-state index contributed by atoms with van der Waals surface area (Å²) in [7, 11) is 0. The topological polar surface area (TPSA) is 55.8 Å². The molecule has 0 aliphatic rings. The molecule has 0 aliphatic carbocycles. The van der Waals surface area contributed by atoms with Crippen molar-refractivity contribution < 1.29 is 45.7 Å². The van der Waals surface area contributed by atoms with Gasteiger partial charge in [-0.05, 0) is 94.5 Å². The smallest absolute Gasteiger partial charge is 0.416 e. The zero-order valence-electron chi connectivity index (χ0n) is 20.0. The Morgan fingerprint density at radius 1 is 0.590 bits per heavy atom. The molecule has 0 fully saturated rings. The third kappa shape index (κ3) is 7.31. The van der Waals surface area contributed by atoms with Gasteiger partial charge in [-0.1, -0.05) is 24.3 Å². The van der Waals surface area contributed by atoms with Crippen LogP contribution in [-0.4, -0.2) is 17.7 Å². The van der Waals surface area contributed by atoms with E-state index in [4.69, 9.17) is 14.6 Å². The predicted molar refractivity (Wildman–Crippen MR) is 131 cm³/mol. The van der Waals surface area contributed by atoms with Gasteiger partial charge >= 0.3 is 18.3 Å². The summed E-state index contributed by atoms with van der Waals surface area (Å²) in [6, 6.07) is 20.5. The number of hydrogen-bond donors (Lipinski definition) is 1. The molecule has 4 aromatic rings. The first-order chi connectivity index (χ1) is 18.4. The zero-order valence-corrected chi connectivity index (χ0v) is 20.0. The van der Waals surface area contributed by atoms with Crippen molar-refractivity contribution in [2.45, 2.75) is 19.0 Å². The van der Waals surface area contributed by atoms with Gasteiger partial charge in [-0.25, -0.2) is 4.79 Å². The quantitative estimate of drug-likeness (QED) is 0.227. The fourth-order valence-electron chi connectivity index (χ4n) is 3.76. The first kappa shape index (κ1) is 27.6. The Balaban J connectivity index is 1.63. The van der Waals surface area contributed by atoms with Crippen molar-refractivity contribution in [2.24, 2.45) is 0 Å². The maximum Gasteiger partial charge on any atom is 0.416 e. The molecular weight excluding hydrogens is 526 g/mol. The number of carboxylic acids is 1. The van der Waals surface area contributed by atoms with Gasteiger partial charge in [0, 0.05) is 0 Å². The van der Waals surface area contributed by atoms with Gasteiger partial charge in [0.2, 0.25) is 0 Å². The Bertz CT molecular complexity index is 1350. The Labute approximate surface area is 219 Å². The van der Waals surface area contributed by atoms with E-state index in [1.54, 1.807) is 30.3 Å².